The van der Waals surface area contributed by atoms with Crippen LogP contribution in [-0.4, -0.2) is 19.1 Å². The highest BCUT2D eigenvalue weighted by molar-refractivity contribution is 6.42. The Kier molecular flexibility index (Phi) is 2.13. The minimum absolute atomic E-state index is 0.671. The number of halogens is 2. The molecule has 90 valence electrons. The van der Waals surface area contributed by atoms with E-state index in [9.17, 15) is 0 Å². The van der Waals surface area contributed by atoms with Gasteiger partial charge in [-0.2, -0.15) is 0 Å². The average molecular weight is 269 g/mol. The molecule has 1 aromatic rings. The van der Waals surface area contributed by atoms with E-state index in [1.54, 1.807) is 0 Å². The molecule has 3 atom stereocenters. The highest BCUT2D eigenvalue weighted by Crippen LogP contribution is 2.54. The first-order chi connectivity index (χ1) is 8.19. The molecule has 0 bridgehead atoms. The number of fused-ring (bicyclic) bond motifs is 1. The molecule has 0 radical (unpaired) electrons. The number of piperidine rings is 1. The minimum atomic E-state index is 0.671. The summed E-state index contributed by atoms with van der Waals surface area (Å²) in [5, 5.41) is 1.38. The zero-order valence-electron chi connectivity index (χ0n) is 9.70. The monoisotopic (exact) mass is 268 g/mol. The van der Waals surface area contributed by atoms with Gasteiger partial charge in [0.1, 0.15) is 18.3 Å². The summed E-state index contributed by atoms with van der Waals surface area (Å²) in [5.41, 5.74) is 1.38. The minimum Gasteiger partial charge on any atom is -0.279 e. The molecule has 4 rings (SSSR count). The molecule has 2 saturated heterocycles. The molecule has 2 aliphatic heterocycles. The van der Waals surface area contributed by atoms with E-state index in [4.69, 9.17) is 23.2 Å². The van der Waals surface area contributed by atoms with Crippen molar-refractivity contribution >= 4 is 28.9 Å². The van der Waals surface area contributed by atoms with Crippen LogP contribution in [0.1, 0.15) is 19.3 Å². The standard InChI is InChI=1S/C14H16Cl2N/c15-13-4-3-11(6-14(13)16)17-7-10(9-1-2-9)5-12(17)8-17/h3-4,6,9-10,12H,1-2,5,7-8H2/q+1/t10?,12-,17-/m0/s1. The van der Waals surface area contributed by atoms with Gasteiger partial charge >= 0.3 is 0 Å². The maximum Gasteiger partial charge on any atom is 0.144 e. The fourth-order valence-corrected chi connectivity index (χ4v) is 4.06. The van der Waals surface area contributed by atoms with E-state index in [0.29, 0.717) is 10.0 Å². The fourth-order valence-electron chi connectivity index (χ4n) is 3.76. The number of hydrogen-bond acceptors (Lipinski definition) is 0. The molecular weight excluding hydrogens is 253 g/mol. The average Bonchev–Trinajstić information content (AvgIpc) is 3.22. The lowest BCUT2D eigenvalue weighted by atomic mass is 10.00. The van der Waals surface area contributed by atoms with E-state index >= 15 is 0 Å². The Labute approximate surface area is 112 Å². The van der Waals surface area contributed by atoms with Crippen molar-refractivity contribution in [1.29, 1.82) is 0 Å². The first-order valence-electron chi connectivity index (χ1n) is 6.51. The molecular formula is C14H16Cl2N+. The van der Waals surface area contributed by atoms with Crippen molar-refractivity contribution in [2.24, 2.45) is 11.8 Å². The van der Waals surface area contributed by atoms with Gasteiger partial charge in [0, 0.05) is 24.5 Å². The van der Waals surface area contributed by atoms with Gasteiger partial charge in [-0.25, -0.2) is 0 Å². The van der Waals surface area contributed by atoms with Crippen LogP contribution in [0, 0.1) is 11.8 Å². The van der Waals surface area contributed by atoms with Crippen LogP contribution >= 0.6 is 23.2 Å². The van der Waals surface area contributed by atoms with E-state index in [0.717, 1.165) is 17.9 Å². The molecule has 1 unspecified atom stereocenters. The Balaban J connectivity index is 1.64. The van der Waals surface area contributed by atoms with E-state index < -0.39 is 0 Å². The lowest BCUT2D eigenvalue weighted by Gasteiger charge is -2.18. The lowest BCUT2D eigenvalue weighted by Crippen LogP contribution is -2.28. The molecule has 1 aromatic carbocycles. The number of nitrogens with zero attached hydrogens (tertiary/aromatic N) is 1. The van der Waals surface area contributed by atoms with Crippen molar-refractivity contribution in [2.75, 3.05) is 13.1 Å². The molecule has 3 fully saturated rings. The number of hydrogen-bond donors (Lipinski definition) is 0. The van der Waals surface area contributed by atoms with E-state index in [2.05, 4.69) is 12.1 Å². The van der Waals surface area contributed by atoms with Gasteiger partial charge in [-0.05, 0) is 24.8 Å². The summed E-state index contributed by atoms with van der Waals surface area (Å²) in [6, 6.07) is 7.08. The second-order valence-electron chi connectivity index (χ2n) is 5.98. The Hall–Kier alpha value is -0.240. The van der Waals surface area contributed by atoms with Gasteiger partial charge in [0.15, 0.2) is 0 Å². The van der Waals surface area contributed by atoms with Crippen molar-refractivity contribution in [1.82, 2.24) is 4.48 Å². The predicted octanol–water partition coefficient (Wildman–Crippen LogP) is 4.11. The van der Waals surface area contributed by atoms with E-state index in [1.807, 2.05) is 6.07 Å². The van der Waals surface area contributed by atoms with Gasteiger partial charge in [0.2, 0.25) is 0 Å². The molecule has 17 heavy (non-hydrogen) atoms. The van der Waals surface area contributed by atoms with Crippen LogP contribution < -0.4 is 4.48 Å². The van der Waals surface area contributed by atoms with Gasteiger partial charge < -0.3 is 0 Å². The lowest BCUT2D eigenvalue weighted by molar-refractivity contribution is 0.430. The van der Waals surface area contributed by atoms with Gasteiger partial charge in [-0.1, -0.05) is 23.2 Å². The highest BCUT2D eigenvalue weighted by Gasteiger charge is 2.64. The van der Waals surface area contributed by atoms with Crippen molar-refractivity contribution in [3.63, 3.8) is 0 Å². The molecule has 1 nitrogen and oxygen atoms in total. The molecule has 1 aliphatic carbocycles. The van der Waals surface area contributed by atoms with Crippen molar-refractivity contribution < 1.29 is 0 Å². The van der Waals surface area contributed by atoms with Crippen LogP contribution in [0.3, 0.4) is 0 Å². The van der Waals surface area contributed by atoms with Gasteiger partial charge in [0.25, 0.3) is 0 Å². The number of benzene rings is 1. The molecule has 2 heterocycles. The summed E-state index contributed by atoms with van der Waals surface area (Å²) in [6.45, 7) is 2.66. The Bertz CT molecular complexity index is 483. The Morgan fingerprint density at radius 2 is 1.82 bits per heavy atom. The maximum absolute atomic E-state index is 6.14. The molecule has 3 aliphatic rings. The van der Waals surface area contributed by atoms with Crippen LogP contribution in [0.4, 0.5) is 5.69 Å². The second kappa shape index (κ2) is 3.40. The third-order valence-electron chi connectivity index (χ3n) is 4.94. The third kappa shape index (κ3) is 1.56. The van der Waals surface area contributed by atoms with Crippen molar-refractivity contribution in [3.05, 3.63) is 28.2 Å². The van der Waals surface area contributed by atoms with Crippen LogP contribution in [0.25, 0.3) is 0 Å². The summed E-state index contributed by atoms with van der Waals surface area (Å²) >= 11 is 12.1. The normalized spacial score (nSPS) is 39.2. The zero-order chi connectivity index (χ0) is 11.6. The van der Waals surface area contributed by atoms with Crippen molar-refractivity contribution in [3.8, 4) is 0 Å². The SMILES string of the molecule is Clc1ccc([N@@+]23CC(C4CC4)C[C@H]2C3)cc1Cl. The van der Waals surface area contributed by atoms with Gasteiger partial charge in [-0.15, -0.1) is 0 Å². The first kappa shape index (κ1) is 10.7. The Morgan fingerprint density at radius 3 is 2.53 bits per heavy atom. The van der Waals surface area contributed by atoms with Gasteiger partial charge in [-0.3, -0.25) is 4.48 Å². The number of quaternary nitrogens is 1. The summed E-state index contributed by atoms with van der Waals surface area (Å²) < 4.78 is 1.19. The zero-order valence-corrected chi connectivity index (χ0v) is 11.2. The second-order valence-corrected chi connectivity index (χ2v) is 6.80. The van der Waals surface area contributed by atoms with E-state index in [1.165, 1.54) is 42.5 Å². The van der Waals surface area contributed by atoms with Crippen molar-refractivity contribution in [2.45, 2.75) is 25.3 Å². The summed E-state index contributed by atoms with van der Waals surface area (Å²) in [7, 11) is 0. The van der Waals surface area contributed by atoms with Crippen LogP contribution in [0.15, 0.2) is 18.2 Å². The summed E-state index contributed by atoms with van der Waals surface area (Å²) in [6.07, 6.45) is 4.38. The van der Waals surface area contributed by atoms with Crippen LogP contribution in [0.5, 0.6) is 0 Å². The topological polar surface area (TPSA) is 0 Å². The fraction of sp³-hybridized carbons (Fsp3) is 0.571. The summed E-state index contributed by atoms with van der Waals surface area (Å²) in [5.74, 6) is 2.02. The molecule has 0 spiro atoms. The predicted molar refractivity (Wildman–Crippen MR) is 72.6 cm³/mol. The molecule has 1 saturated carbocycles. The van der Waals surface area contributed by atoms with Crippen LogP contribution in [-0.2, 0) is 0 Å². The highest BCUT2D eigenvalue weighted by atomic mass is 35.5. The largest absolute Gasteiger partial charge is 0.279 e. The molecule has 0 aromatic heterocycles. The first-order valence-corrected chi connectivity index (χ1v) is 7.27. The number of rotatable bonds is 2. The molecule has 3 heteroatoms. The smallest absolute Gasteiger partial charge is 0.144 e. The Morgan fingerprint density at radius 1 is 1.00 bits per heavy atom. The van der Waals surface area contributed by atoms with E-state index in [-0.39, 0.29) is 0 Å². The van der Waals surface area contributed by atoms with Gasteiger partial charge in [0.05, 0.1) is 16.6 Å². The molecule has 0 amide bonds. The maximum atomic E-state index is 6.14. The summed E-state index contributed by atoms with van der Waals surface area (Å²) in [4.78, 5) is 0. The quantitative estimate of drug-likeness (QED) is 0.560. The molecule has 0 N–H and O–H groups in total. The van der Waals surface area contributed by atoms with Crippen LogP contribution in [0.2, 0.25) is 10.0 Å². The third-order valence-corrected chi connectivity index (χ3v) is 5.68.